The maximum Gasteiger partial charge on any atom is 0.227 e. The Labute approximate surface area is 285 Å². The number of para-hydroxylation sites is 2. The van der Waals surface area contributed by atoms with Crippen molar-refractivity contribution in [2.24, 2.45) is 0 Å². The Bertz CT molecular complexity index is 2630. The fourth-order valence-electron chi connectivity index (χ4n) is 7.88. The van der Waals surface area contributed by atoms with Crippen LogP contribution < -0.4 is 4.74 Å². The van der Waals surface area contributed by atoms with Gasteiger partial charge in [-0.25, -0.2) is 9.97 Å². The Kier molecular flexibility index (Phi) is 5.47. The number of hydrogen-bond donors (Lipinski definition) is 0. The molecule has 0 radical (unpaired) electrons. The second-order valence-corrected chi connectivity index (χ2v) is 12.7. The summed E-state index contributed by atoms with van der Waals surface area (Å²) in [5.74, 6) is 2.70. The summed E-state index contributed by atoms with van der Waals surface area (Å²) in [6.07, 6.45) is 6.83. The van der Waals surface area contributed by atoms with E-state index in [0.29, 0.717) is 34.0 Å². The van der Waals surface area contributed by atoms with Crippen LogP contribution in [-0.2, 0) is 5.41 Å². The highest BCUT2D eigenvalue weighted by molar-refractivity contribution is 5.91. The second-order valence-electron chi connectivity index (χ2n) is 12.7. The predicted molar refractivity (Wildman–Crippen MR) is 191 cm³/mol. The van der Waals surface area contributed by atoms with Crippen LogP contribution >= 0.6 is 0 Å². The van der Waals surface area contributed by atoms with Gasteiger partial charge in [0.1, 0.15) is 22.5 Å². The topological polar surface area (TPSA) is 87.1 Å². The van der Waals surface area contributed by atoms with Gasteiger partial charge >= 0.3 is 0 Å². The van der Waals surface area contributed by atoms with Crippen molar-refractivity contribution in [1.82, 2.24) is 19.9 Å². The Morgan fingerprint density at radius 2 is 0.980 bits per heavy atom. The predicted octanol–water partition coefficient (Wildman–Crippen LogP) is 10.2. The molecule has 5 aromatic carbocycles. The van der Waals surface area contributed by atoms with E-state index in [1.165, 1.54) is 22.3 Å². The lowest BCUT2D eigenvalue weighted by atomic mass is 9.66. The number of fused-ring (bicyclic) bond motifs is 11. The van der Waals surface area contributed by atoms with Crippen molar-refractivity contribution in [3.05, 3.63) is 168 Å². The number of nitrogens with zero attached hydrogens (tertiary/aromatic N) is 4. The van der Waals surface area contributed by atoms with Gasteiger partial charge < -0.3 is 13.6 Å². The van der Waals surface area contributed by atoms with Crippen LogP contribution in [0.4, 0.5) is 0 Å². The minimum atomic E-state index is -0.575. The van der Waals surface area contributed by atoms with E-state index >= 15 is 0 Å². The molecule has 9 aromatic rings. The Hall–Kier alpha value is -6.86. The van der Waals surface area contributed by atoms with E-state index < -0.39 is 5.41 Å². The van der Waals surface area contributed by atoms with Crippen molar-refractivity contribution in [2.45, 2.75) is 5.41 Å². The normalized spacial score (nSPS) is 13.5. The highest BCUT2D eigenvalue weighted by Crippen LogP contribution is 2.62. The summed E-state index contributed by atoms with van der Waals surface area (Å²) in [4.78, 5) is 18.1. The van der Waals surface area contributed by atoms with Gasteiger partial charge in [-0.05, 0) is 69.8 Å². The van der Waals surface area contributed by atoms with Crippen LogP contribution in [0.5, 0.6) is 11.5 Å². The van der Waals surface area contributed by atoms with Gasteiger partial charge in [-0.3, -0.25) is 9.97 Å². The summed E-state index contributed by atoms with van der Waals surface area (Å²) >= 11 is 0. The average Bonchev–Trinajstić information content (AvgIpc) is 3.89. The van der Waals surface area contributed by atoms with E-state index in [1.54, 1.807) is 24.8 Å². The van der Waals surface area contributed by atoms with Gasteiger partial charge in [0.05, 0.1) is 17.8 Å². The highest BCUT2D eigenvalue weighted by Gasteiger charge is 2.51. The molecule has 11 rings (SSSR count). The second kappa shape index (κ2) is 10.1. The molecule has 234 valence electrons. The standard InChI is InChI=1S/C43H24N4O3/c1-2-8-31-29(7-1)30-14-13-25(22-34(30)43(31)32-9-3-5-11-37(32)48-38-12-6-4-10-33(38)43)26-19-27(41-46-35-23-44-17-15-39(35)49-41)21-28(20-26)42-47-36-24-45-18-16-40(36)50-42/h1-24H. The molecular weight excluding hydrogens is 620 g/mol. The molecule has 1 spiro atoms. The first kappa shape index (κ1) is 27.1. The molecule has 0 saturated carbocycles. The smallest absolute Gasteiger partial charge is 0.227 e. The molecule has 7 heteroatoms. The van der Waals surface area contributed by atoms with Crippen LogP contribution in [-0.4, -0.2) is 19.9 Å². The first-order valence-electron chi connectivity index (χ1n) is 16.4. The third-order valence-electron chi connectivity index (χ3n) is 9.99. The fourth-order valence-corrected chi connectivity index (χ4v) is 7.88. The summed E-state index contributed by atoms with van der Waals surface area (Å²) in [7, 11) is 0. The van der Waals surface area contributed by atoms with Gasteiger partial charge in [0.2, 0.25) is 11.8 Å². The van der Waals surface area contributed by atoms with Crippen LogP contribution in [0.25, 0.3) is 67.4 Å². The van der Waals surface area contributed by atoms with Crippen LogP contribution in [0.1, 0.15) is 22.3 Å². The maximum atomic E-state index is 6.54. The first-order chi connectivity index (χ1) is 24.7. The molecule has 0 amide bonds. The van der Waals surface area contributed by atoms with Crippen LogP contribution in [0.3, 0.4) is 0 Å². The van der Waals surface area contributed by atoms with E-state index in [-0.39, 0.29) is 0 Å². The SMILES string of the molecule is c1ccc2c(c1)Oc1ccccc1C21c2ccccc2-c2ccc(-c3cc(-c4nc5cnccc5o4)cc(-c4nc5cnccc5o4)c3)cc21. The zero-order valence-electron chi connectivity index (χ0n) is 26.4. The zero-order chi connectivity index (χ0) is 32.8. The summed E-state index contributed by atoms with van der Waals surface area (Å²) in [6, 6.07) is 42.2. The molecule has 0 fully saturated rings. The molecule has 0 saturated heterocycles. The molecular formula is C43H24N4O3. The largest absolute Gasteiger partial charge is 0.457 e. The van der Waals surface area contributed by atoms with Crippen LogP contribution in [0.15, 0.2) is 155 Å². The fraction of sp³-hybridized carbons (Fsp3) is 0.0233. The molecule has 2 aliphatic rings. The molecule has 50 heavy (non-hydrogen) atoms. The van der Waals surface area contributed by atoms with Gasteiger partial charge in [0, 0.05) is 46.8 Å². The van der Waals surface area contributed by atoms with E-state index in [4.69, 9.17) is 23.5 Å². The van der Waals surface area contributed by atoms with Crippen molar-refractivity contribution in [2.75, 3.05) is 0 Å². The Balaban J connectivity index is 1.18. The van der Waals surface area contributed by atoms with E-state index in [9.17, 15) is 0 Å². The van der Waals surface area contributed by atoms with Crippen molar-refractivity contribution in [3.63, 3.8) is 0 Å². The Morgan fingerprint density at radius 3 is 1.60 bits per heavy atom. The number of hydrogen-bond acceptors (Lipinski definition) is 7. The lowest BCUT2D eigenvalue weighted by Gasteiger charge is -2.39. The van der Waals surface area contributed by atoms with Gasteiger partial charge in [-0.1, -0.05) is 72.8 Å². The lowest BCUT2D eigenvalue weighted by molar-refractivity contribution is 0.436. The average molecular weight is 645 g/mol. The van der Waals surface area contributed by atoms with E-state index in [2.05, 4.69) is 101 Å². The first-order valence-corrected chi connectivity index (χ1v) is 16.4. The number of oxazole rings is 2. The minimum absolute atomic E-state index is 0.492. The van der Waals surface area contributed by atoms with Crippen LogP contribution in [0.2, 0.25) is 0 Å². The summed E-state index contributed by atoms with van der Waals surface area (Å²) in [5.41, 5.74) is 12.9. The molecule has 5 heterocycles. The monoisotopic (exact) mass is 644 g/mol. The molecule has 7 nitrogen and oxygen atoms in total. The minimum Gasteiger partial charge on any atom is -0.457 e. The van der Waals surface area contributed by atoms with E-state index in [1.807, 2.05) is 30.3 Å². The maximum absolute atomic E-state index is 6.54. The molecule has 0 bridgehead atoms. The molecule has 1 aliphatic carbocycles. The van der Waals surface area contributed by atoms with Crippen molar-refractivity contribution in [3.8, 4) is 56.7 Å². The molecule has 0 unspecified atom stereocenters. The van der Waals surface area contributed by atoms with Crippen LogP contribution in [0, 0.1) is 0 Å². The van der Waals surface area contributed by atoms with Crippen molar-refractivity contribution < 1.29 is 13.6 Å². The third kappa shape index (κ3) is 3.74. The number of rotatable bonds is 3. The number of benzene rings is 5. The lowest BCUT2D eigenvalue weighted by Crippen LogP contribution is -2.32. The number of pyridine rings is 2. The highest BCUT2D eigenvalue weighted by atomic mass is 16.5. The molecule has 0 N–H and O–H groups in total. The number of ether oxygens (including phenoxy) is 1. The zero-order valence-corrected chi connectivity index (χ0v) is 26.4. The summed E-state index contributed by atoms with van der Waals surface area (Å²) < 4.78 is 19.1. The molecule has 1 aliphatic heterocycles. The van der Waals surface area contributed by atoms with Crippen molar-refractivity contribution >= 4 is 22.2 Å². The van der Waals surface area contributed by atoms with Gasteiger partial charge in [-0.15, -0.1) is 0 Å². The van der Waals surface area contributed by atoms with Gasteiger partial charge in [0.15, 0.2) is 11.2 Å². The summed E-state index contributed by atoms with van der Waals surface area (Å²) in [5, 5.41) is 0. The number of aromatic nitrogens is 4. The van der Waals surface area contributed by atoms with Gasteiger partial charge in [0.25, 0.3) is 0 Å². The molecule has 0 atom stereocenters. The van der Waals surface area contributed by atoms with E-state index in [0.717, 1.165) is 44.9 Å². The van der Waals surface area contributed by atoms with Crippen molar-refractivity contribution in [1.29, 1.82) is 0 Å². The summed E-state index contributed by atoms with van der Waals surface area (Å²) in [6.45, 7) is 0. The van der Waals surface area contributed by atoms with Gasteiger partial charge in [-0.2, -0.15) is 0 Å². The molecule has 4 aromatic heterocycles. The quantitative estimate of drug-likeness (QED) is 0.189. The third-order valence-corrected chi connectivity index (χ3v) is 9.99. The Morgan fingerprint density at radius 1 is 0.440 bits per heavy atom.